The zero-order chi connectivity index (χ0) is 21.9. The van der Waals surface area contributed by atoms with Crippen LogP contribution in [-0.2, 0) is 9.59 Å². The Balaban J connectivity index is 2.38. The van der Waals surface area contributed by atoms with Crippen LogP contribution in [0.15, 0.2) is 22.1 Å². The molecule has 1 N–H and O–H groups in total. The zero-order valence-corrected chi connectivity index (χ0v) is 18.3. The summed E-state index contributed by atoms with van der Waals surface area (Å²) in [4.78, 5) is 25.1. The number of carbonyl (C=O) groups excluding carboxylic acids is 1. The van der Waals surface area contributed by atoms with E-state index in [4.69, 9.17) is 0 Å². The molecule has 1 aliphatic carbocycles. The van der Waals surface area contributed by atoms with Gasteiger partial charge in [0.15, 0.2) is 5.78 Å². The lowest BCUT2D eigenvalue weighted by Crippen LogP contribution is -2.33. The molecular weight excluding hydrogens is 401 g/mol. The quantitative estimate of drug-likeness (QED) is 0.494. The summed E-state index contributed by atoms with van der Waals surface area (Å²) in [5, 5.41) is 8.87. The van der Waals surface area contributed by atoms with Crippen LogP contribution in [0.1, 0.15) is 66.2 Å². The van der Waals surface area contributed by atoms with Gasteiger partial charge in [-0.1, -0.05) is 46.6 Å². The summed E-state index contributed by atoms with van der Waals surface area (Å²) in [5.74, 6) is -2.39. The Morgan fingerprint density at radius 2 is 1.69 bits per heavy atom. The lowest BCUT2D eigenvalue weighted by Gasteiger charge is -2.32. The van der Waals surface area contributed by atoms with Crippen molar-refractivity contribution in [2.24, 2.45) is 23.7 Å². The maximum absolute atomic E-state index is 13.3. The van der Waals surface area contributed by atoms with E-state index in [2.05, 4.69) is 6.92 Å². The maximum atomic E-state index is 13.3. The molecule has 1 fully saturated rings. The molecule has 1 saturated carbocycles. The molecule has 0 aromatic carbocycles. The van der Waals surface area contributed by atoms with Gasteiger partial charge in [0.25, 0.3) is 0 Å². The van der Waals surface area contributed by atoms with E-state index in [1.165, 1.54) is 0 Å². The number of halogens is 3. The summed E-state index contributed by atoms with van der Waals surface area (Å²) in [7, 11) is 0. The fraction of sp³-hybridized carbons (Fsp3) is 0.727. The molecule has 2 unspecified atom stereocenters. The van der Waals surface area contributed by atoms with Crippen molar-refractivity contribution < 1.29 is 27.9 Å². The Morgan fingerprint density at radius 3 is 2.17 bits per heavy atom. The molecule has 164 valence electrons. The number of carbonyl (C=O) groups is 2. The largest absolute Gasteiger partial charge is 0.477 e. The lowest BCUT2D eigenvalue weighted by atomic mass is 9.77. The number of allylic oxidation sites excluding steroid dienone is 3. The van der Waals surface area contributed by atoms with Crippen molar-refractivity contribution in [2.45, 2.75) is 77.6 Å². The van der Waals surface area contributed by atoms with Crippen molar-refractivity contribution in [2.75, 3.05) is 0 Å². The number of ketones is 1. The van der Waals surface area contributed by atoms with Gasteiger partial charge in [0, 0.05) is 16.7 Å². The fourth-order valence-electron chi connectivity index (χ4n) is 4.09. The van der Waals surface area contributed by atoms with Crippen LogP contribution in [0.2, 0.25) is 0 Å². The van der Waals surface area contributed by atoms with Crippen LogP contribution in [0.25, 0.3) is 0 Å². The fourth-order valence-corrected chi connectivity index (χ4v) is 5.44. The van der Waals surface area contributed by atoms with E-state index in [1.807, 2.05) is 13.8 Å². The van der Waals surface area contributed by atoms with Gasteiger partial charge in [0.1, 0.15) is 0 Å². The van der Waals surface area contributed by atoms with Gasteiger partial charge in [-0.2, -0.15) is 13.2 Å². The topological polar surface area (TPSA) is 54.4 Å². The highest BCUT2D eigenvalue weighted by Gasteiger charge is 2.44. The van der Waals surface area contributed by atoms with Gasteiger partial charge in [-0.05, 0) is 43.1 Å². The Bertz CT molecular complexity index is 686. The second-order valence-electron chi connectivity index (χ2n) is 8.78. The molecule has 0 bridgehead atoms. The van der Waals surface area contributed by atoms with E-state index >= 15 is 0 Å². The monoisotopic (exact) mass is 432 g/mol. The van der Waals surface area contributed by atoms with Gasteiger partial charge < -0.3 is 5.11 Å². The minimum absolute atomic E-state index is 0.0378. The summed E-state index contributed by atoms with van der Waals surface area (Å²) in [6.45, 7) is 7.10. The number of thioether (sulfide) groups is 1. The number of carboxylic acid groups (broad SMARTS) is 1. The molecular formula is C22H31F3O3S. The Morgan fingerprint density at radius 1 is 1.10 bits per heavy atom. The predicted molar refractivity (Wildman–Crippen MR) is 110 cm³/mol. The molecule has 0 amide bonds. The smallest absolute Gasteiger partial charge is 0.392 e. The van der Waals surface area contributed by atoms with Crippen LogP contribution >= 0.6 is 11.8 Å². The van der Waals surface area contributed by atoms with Crippen LogP contribution in [-0.4, -0.2) is 28.3 Å². The van der Waals surface area contributed by atoms with Crippen LogP contribution in [0.4, 0.5) is 13.2 Å². The average Bonchev–Trinajstić information content (AvgIpc) is 2.64. The van der Waals surface area contributed by atoms with Gasteiger partial charge in [-0.25, -0.2) is 4.79 Å². The first kappa shape index (κ1) is 24.0. The third kappa shape index (κ3) is 6.12. The van der Waals surface area contributed by atoms with E-state index in [0.717, 1.165) is 44.4 Å². The molecule has 0 spiro atoms. The molecule has 0 saturated heterocycles. The first-order valence-corrected chi connectivity index (χ1v) is 11.3. The number of hydrogen-bond acceptors (Lipinski definition) is 3. The zero-order valence-electron chi connectivity index (χ0n) is 17.5. The van der Waals surface area contributed by atoms with Crippen molar-refractivity contribution in [1.82, 2.24) is 0 Å². The Kier molecular flexibility index (Phi) is 8.05. The SMILES string of the molecule is CC(C)C=C(C(=O)C1CCC(C)CC1)C1=C(C(=O)O)SC(C(C)C(F)(F)F)CC1. The average molecular weight is 433 g/mol. The van der Waals surface area contributed by atoms with Crippen molar-refractivity contribution in [3.8, 4) is 0 Å². The third-order valence-electron chi connectivity index (χ3n) is 5.97. The number of aliphatic carboxylic acids is 1. The standard InChI is InChI=1S/C22H31F3O3S/c1-12(2)11-17(19(26)15-7-5-13(3)6-8-15)16-9-10-18(14(4)22(23,24)25)29-20(16)21(27)28/h11-15,18H,5-10H2,1-4H3,(H,27,28). The first-order chi connectivity index (χ1) is 13.4. The lowest BCUT2D eigenvalue weighted by molar-refractivity contribution is -0.169. The molecule has 7 heteroatoms. The van der Waals surface area contributed by atoms with E-state index in [1.54, 1.807) is 6.08 Å². The molecule has 2 atom stereocenters. The Labute approximate surface area is 175 Å². The molecule has 0 aromatic rings. The van der Waals surface area contributed by atoms with Crippen molar-refractivity contribution in [3.63, 3.8) is 0 Å². The van der Waals surface area contributed by atoms with Gasteiger partial charge in [-0.3, -0.25) is 4.79 Å². The van der Waals surface area contributed by atoms with Gasteiger partial charge in [0.2, 0.25) is 0 Å². The molecule has 0 aromatic heterocycles. The van der Waals surface area contributed by atoms with Crippen LogP contribution in [0.3, 0.4) is 0 Å². The predicted octanol–water partition coefficient (Wildman–Crippen LogP) is 6.40. The number of carboxylic acids is 1. The Hall–Kier alpha value is -1.24. The summed E-state index contributed by atoms with van der Waals surface area (Å²) >= 11 is 0.770. The second kappa shape index (κ2) is 9.71. The molecule has 1 heterocycles. The molecule has 1 aliphatic heterocycles. The van der Waals surface area contributed by atoms with Crippen LogP contribution < -0.4 is 0 Å². The van der Waals surface area contributed by atoms with Crippen molar-refractivity contribution >= 4 is 23.5 Å². The number of alkyl halides is 3. The number of hydrogen-bond donors (Lipinski definition) is 1. The molecule has 0 radical (unpaired) electrons. The second-order valence-corrected chi connectivity index (χ2v) is 10.0. The van der Waals surface area contributed by atoms with Crippen molar-refractivity contribution in [1.29, 1.82) is 0 Å². The van der Waals surface area contributed by atoms with E-state index < -0.39 is 23.3 Å². The van der Waals surface area contributed by atoms with E-state index in [9.17, 15) is 27.9 Å². The molecule has 3 nitrogen and oxygen atoms in total. The summed E-state index contributed by atoms with van der Waals surface area (Å²) in [5.41, 5.74) is 0.841. The minimum atomic E-state index is -4.37. The van der Waals surface area contributed by atoms with Crippen LogP contribution in [0, 0.1) is 23.7 Å². The van der Waals surface area contributed by atoms with E-state index in [0.29, 0.717) is 17.1 Å². The highest BCUT2D eigenvalue weighted by molar-refractivity contribution is 8.04. The molecule has 29 heavy (non-hydrogen) atoms. The number of rotatable bonds is 6. The maximum Gasteiger partial charge on any atom is 0.392 e. The van der Waals surface area contributed by atoms with Gasteiger partial charge >= 0.3 is 12.1 Å². The minimum Gasteiger partial charge on any atom is -0.477 e. The van der Waals surface area contributed by atoms with Gasteiger partial charge in [0.05, 0.1) is 10.8 Å². The third-order valence-corrected chi connectivity index (χ3v) is 7.57. The summed E-state index contributed by atoms with van der Waals surface area (Å²) in [6.07, 6.45) is 1.33. The highest BCUT2D eigenvalue weighted by Crippen LogP contribution is 2.46. The molecule has 2 rings (SSSR count). The van der Waals surface area contributed by atoms with Gasteiger partial charge in [-0.15, -0.1) is 11.8 Å². The summed E-state index contributed by atoms with van der Waals surface area (Å²) < 4.78 is 39.4. The summed E-state index contributed by atoms with van der Waals surface area (Å²) in [6, 6.07) is 0. The van der Waals surface area contributed by atoms with E-state index in [-0.39, 0.29) is 35.4 Å². The molecule has 2 aliphatic rings. The first-order valence-electron chi connectivity index (χ1n) is 10.4. The van der Waals surface area contributed by atoms with Crippen molar-refractivity contribution in [3.05, 3.63) is 22.1 Å². The highest BCUT2D eigenvalue weighted by atomic mass is 32.2. The van der Waals surface area contributed by atoms with Crippen LogP contribution in [0.5, 0.6) is 0 Å². The normalized spacial score (nSPS) is 27.9. The number of Topliss-reactive ketones (excluding diaryl/α,β-unsaturated/α-hetero) is 1.